The summed E-state index contributed by atoms with van der Waals surface area (Å²) >= 11 is 0. The van der Waals surface area contributed by atoms with Crippen molar-refractivity contribution in [3.05, 3.63) is 69.9 Å². The molecule has 0 radical (unpaired) electrons. The van der Waals surface area contributed by atoms with Crippen molar-refractivity contribution in [1.29, 1.82) is 0 Å². The number of hydrogen-bond acceptors (Lipinski definition) is 5. The molecule has 0 fully saturated rings. The molecule has 0 saturated heterocycles. The molecule has 2 aliphatic rings. The van der Waals surface area contributed by atoms with Gasteiger partial charge in [0.1, 0.15) is 24.5 Å². The van der Waals surface area contributed by atoms with Crippen LogP contribution in [0.3, 0.4) is 0 Å². The first kappa shape index (κ1) is 22.3. The molecule has 1 aromatic heterocycles. The van der Waals surface area contributed by atoms with E-state index < -0.39 is 11.6 Å². The van der Waals surface area contributed by atoms with Gasteiger partial charge in [-0.15, -0.1) is 0 Å². The molecule has 0 aliphatic carbocycles. The van der Waals surface area contributed by atoms with Gasteiger partial charge in [-0.05, 0) is 54.7 Å². The van der Waals surface area contributed by atoms with Crippen LogP contribution in [0, 0.1) is 25.5 Å². The summed E-state index contributed by atoms with van der Waals surface area (Å²) < 4.78 is 34.1. The Morgan fingerprint density at radius 3 is 2.76 bits per heavy atom. The van der Waals surface area contributed by atoms with Crippen molar-refractivity contribution in [3.63, 3.8) is 0 Å². The zero-order valence-electron chi connectivity index (χ0n) is 19.6. The first-order valence-electron chi connectivity index (χ1n) is 11.5. The first-order chi connectivity index (χ1) is 16.4. The number of pyridine rings is 1. The van der Waals surface area contributed by atoms with Crippen LogP contribution >= 0.6 is 0 Å². The Kier molecular flexibility index (Phi) is 5.71. The van der Waals surface area contributed by atoms with Gasteiger partial charge in [-0.2, -0.15) is 0 Å². The number of fused-ring (bicyclic) bond motifs is 2. The largest absolute Gasteiger partial charge is 0.490 e. The van der Waals surface area contributed by atoms with Gasteiger partial charge < -0.3 is 19.3 Å². The zero-order chi connectivity index (χ0) is 24.0. The number of halogens is 2. The van der Waals surface area contributed by atoms with Crippen molar-refractivity contribution >= 4 is 17.8 Å². The molecular formula is C27H27F2N3O2. The normalized spacial score (nSPS) is 14.6. The van der Waals surface area contributed by atoms with Crippen LogP contribution in [0.1, 0.15) is 27.9 Å². The molecule has 5 nitrogen and oxygen atoms in total. The SMILES string of the molecule is Cc1nc2c(c(-c3ccc4c(c3C)N(C)CCO4)c1CC=O)CCN2Cc1cccc(F)c1F. The monoisotopic (exact) mass is 463 g/mol. The highest BCUT2D eigenvalue weighted by molar-refractivity contribution is 5.86. The molecular weight excluding hydrogens is 436 g/mol. The van der Waals surface area contributed by atoms with Crippen molar-refractivity contribution < 1.29 is 18.3 Å². The topological polar surface area (TPSA) is 45.7 Å². The Labute approximate surface area is 198 Å². The second-order valence-electron chi connectivity index (χ2n) is 8.96. The zero-order valence-corrected chi connectivity index (χ0v) is 19.6. The third kappa shape index (κ3) is 3.59. The Bertz CT molecular complexity index is 1290. The maximum absolute atomic E-state index is 14.4. The number of aldehydes is 1. The molecule has 3 aromatic rings. The van der Waals surface area contributed by atoms with E-state index in [2.05, 4.69) is 24.9 Å². The van der Waals surface area contributed by atoms with Crippen molar-refractivity contribution in [2.24, 2.45) is 0 Å². The molecule has 176 valence electrons. The highest BCUT2D eigenvalue weighted by Gasteiger charge is 2.30. The van der Waals surface area contributed by atoms with Gasteiger partial charge in [0.2, 0.25) is 0 Å². The molecule has 0 unspecified atom stereocenters. The molecule has 0 atom stereocenters. The van der Waals surface area contributed by atoms with Crippen LogP contribution in [0.25, 0.3) is 11.1 Å². The minimum absolute atomic E-state index is 0.231. The average Bonchev–Trinajstić information content (AvgIpc) is 3.20. The summed E-state index contributed by atoms with van der Waals surface area (Å²) in [6, 6.07) is 8.31. The molecule has 2 aliphatic heterocycles. The molecule has 3 heterocycles. The highest BCUT2D eigenvalue weighted by Crippen LogP contribution is 2.45. The number of carbonyl (C=O) groups excluding carboxylic acids is 1. The van der Waals surface area contributed by atoms with Gasteiger partial charge in [0.15, 0.2) is 11.6 Å². The maximum Gasteiger partial charge on any atom is 0.163 e. The van der Waals surface area contributed by atoms with Gasteiger partial charge in [0.05, 0.1) is 12.2 Å². The summed E-state index contributed by atoms with van der Waals surface area (Å²) in [7, 11) is 2.06. The molecule has 7 heteroatoms. The molecule has 5 rings (SSSR count). The summed E-state index contributed by atoms with van der Waals surface area (Å²) in [4.78, 5) is 20.6. The minimum atomic E-state index is -0.848. The van der Waals surface area contributed by atoms with Gasteiger partial charge >= 0.3 is 0 Å². The lowest BCUT2D eigenvalue weighted by molar-refractivity contribution is -0.107. The number of likely N-dealkylation sites (N-methyl/N-ethyl adjacent to an activating group) is 1. The standard InChI is InChI=1S/C27H27F2N3O2/c1-16-19(7-8-23-26(16)31(3)12-14-34-23)24-20(10-13-33)17(2)30-27-21(24)9-11-32(27)15-18-5-4-6-22(28)25(18)29/h4-8,13H,9-12,14-15H2,1-3H3. The fourth-order valence-electron chi connectivity index (χ4n) is 5.25. The number of carbonyl (C=O) groups is 1. The molecule has 0 saturated carbocycles. The second-order valence-corrected chi connectivity index (χ2v) is 8.96. The minimum Gasteiger partial charge on any atom is -0.490 e. The Morgan fingerprint density at radius 1 is 1.15 bits per heavy atom. The Hall–Kier alpha value is -3.48. The third-order valence-corrected chi connectivity index (χ3v) is 6.92. The summed E-state index contributed by atoms with van der Waals surface area (Å²) in [6.07, 6.45) is 1.89. The molecule has 0 amide bonds. The van der Waals surface area contributed by atoms with E-state index in [1.807, 2.05) is 17.9 Å². The van der Waals surface area contributed by atoms with E-state index in [4.69, 9.17) is 9.72 Å². The predicted octanol–water partition coefficient (Wildman–Crippen LogP) is 4.78. The summed E-state index contributed by atoms with van der Waals surface area (Å²) in [5, 5.41) is 0. The van der Waals surface area contributed by atoms with Crippen LogP contribution in [0.4, 0.5) is 20.3 Å². The lowest BCUT2D eigenvalue weighted by Crippen LogP contribution is -2.29. The number of aromatic nitrogens is 1. The molecule has 0 N–H and O–H groups in total. The summed E-state index contributed by atoms with van der Waals surface area (Å²) in [5.74, 6) is -0.0387. The molecule has 0 bridgehead atoms. The van der Waals surface area contributed by atoms with Gasteiger partial charge in [0.25, 0.3) is 0 Å². The van der Waals surface area contributed by atoms with E-state index in [0.29, 0.717) is 25.1 Å². The Morgan fingerprint density at radius 2 is 1.97 bits per heavy atom. The Balaban J connectivity index is 1.66. The van der Waals surface area contributed by atoms with E-state index in [1.54, 1.807) is 6.07 Å². The quantitative estimate of drug-likeness (QED) is 0.510. The lowest BCUT2D eigenvalue weighted by atomic mass is 9.88. The summed E-state index contributed by atoms with van der Waals surface area (Å²) in [5.41, 5.74) is 7.25. The van der Waals surface area contributed by atoms with Crippen LogP contribution in [0.15, 0.2) is 30.3 Å². The lowest BCUT2D eigenvalue weighted by Gasteiger charge is -2.31. The number of rotatable bonds is 5. The number of aryl methyl sites for hydroxylation is 1. The summed E-state index contributed by atoms with van der Waals surface area (Å²) in [6.45, 7) is 6.32. The highest BCUT2D eigenvalue weighted by atomic mass is 19.2. The van der Waals surface area contributed by atoms with E-state index in [0.717, 1.165) is 69.7 Å². The van der Waals surface area contributed by atoms with E-state index in [1.165, 1.54) is 6.07 Å². The first-order valence-corrected chi connectivity index (χ1v) is 11.5. The number of ether oxygens (including phenoxy) is 1. The van der Waals surface area contributed by atoms with Gasteiger partial charge in [0, 0.05) is 43.4 Å². The van der Waals surface area contributed by atoms with Crippen LogP contribution < -0.4 is 14.5 Å². The predicted molar refractivity (Wildman–Crippen MR) is 129 cm³/mol. The third-order valence-electron chi connectivity index (χ3n) is 6.92. The molecule has 2 aromatic carbocycles. The fraction of sp³-hybridized carbons (Fsp3) is 0.333. The van der Waals surface area contributed by atoms with E-state index >= 15 is 0 Å². The van der Waals surface area contributed by atoms with Crippen LogP contribution in [-0.2, 0) is 24.2 Å². The van der Waals surface area contributed by atoms with Gasteiger partial charge in [-0.25, -0.2) is 13.8 Å². The maximum atomic E-state index is 14.4. The van der Waals surface area contributed by atoms with Crippen molar-refractivity contribution in [1.82, 2.24) is 4.98 Å². The number of anilines is 2. The number of hydrogen-bond donors (Lipinski definition) is 0. The number of benzene rings is 2. The fourth-order valence-corrected chi connectivity index (χ4v) is 5.25. The van der Waals surface area contributed by atoms with Crippen LogP contribution in [0.2, 0.25) is 0 Å². The van der Waals surface area contributed by atoms with Crippen LogP contribution in [0.5, 0.6) is 5.75 Å². The van der Waals surface area contributed by atoms with E-state index in [9.17, 15) is 13.6 Å². The van der Waals surface area contributed by atoms with Gasteiger partial charge in [-0.1, -0.05) is 18.2 Å². The van der Waals surface area contributed by atoms with Crippen molar-refractivity contribution in [2.45, 2.75) is 33.2 Å². The van der Waals surface area contributed by atoms with Crippen molar-refractivity contribution in [3.8, 4) is 16.9 Å². The molecule has 0 spiro atoms. The van der Waals surface area contributed by atoms with Crippen molar-refractivity contribution in [2.75, 3.05) is 36.5 Å². The molecule has 34 heavy (non-hydrogen) atoms. The average molecular weight is 464 g/mol. The second kappa shape index (κ2) is 8.70. The van der Waals surface area contributed by atoms with Gasteiger partial charge in [-0.3, -0.25) is 0 Å². The van der Waals surface area contributed by atoms with Crippen LogP contribution in [-0.4, -0.2) is 38.0 Å². The van der Waals surface area contributed by atoms with E-state index in [-0.39, 0.29) is 13.0 Å². The number of nitrogens with zero attached hydrogens (tertiary/aromatic N) is 3. The smallest absolute Gasteiger partial charge is 0.163 e.